The van der Waals surface area contributed by atoms with Gasteiger partial charge in [0.1, 0.15) is 12.4 Å². The van der Waals surface area contributed by atoms with Gasteiger partial charge in [0.2, 0.25) is 5.78 Å². The first-order chi connectivity index (χ1) is 15.4. The highest BCUT2D eigenvalue weighted by Gasteiger charge is 2.19. The predicted molar refractivity (Wildman–Crippen MR) is 127 cm³/mol. The van der Waals surface area contributed by atoms with Gasteiger partial charge in [0, 0.05) is 0 Å². The molecule has 3 aromatic carbocycles. The van der Waals surface area contributed by atoms with E-state index in [9.17, 15) is 4.79 Å². The first-order valence-corrected chi connectivity index (χ1v) is 10.5. The van der Waals surface area contributed by atoms with E-state index in [1.54, 1.807) is 26.4 Å². The fourth-order valence-electron chi connectivity index (χ4n) is 3.37. The lowest BCUT2D eigenvalue weighted by Gasteiger charge is -2.20. The molecule has 0 heterocycles. The predicted octanol–water partition coefficient (Wildman–Crippen LogP) is 5.56. The summed E-state index contributed by atoms with van der Waals surface area (Å²) >= 11 is 0. The molecule has 3 rings (SSSR count). The zero-order chi connectivity index (χ0) is 23.0. The topological polar surface area (TPSA) is 57.1 Å². The molecule has 32 heavy (non-hydrogen) atoms. The van der Waals surface area contributed by atoms with Crippen molar-refractivity contribution < 1.29 is 19.0 Å². The highest BCUT2D eigenvalue weighted by Crippen LogP contribution is 2.29. The van der Waals surface area contributed by atoms with Gasteiger partial charge in [0.05, 0.1) is 31.5 Å². The highest BCUT2D eigenvalue weighted by molar-refractivity contribution is 6.36. The number of rotatable bonds is 10. The van der Waals surface area contributed by atoms with Gasteiger partial charge in [-0.25, -0.2) is 0 Å². The van der Waals surface area contributed by atoms with E-state index in [0.717, 1.165) is 11.1 Å². The Morgan fingerprint density at radius 3 is 2.25 bits per heavy atom. The molecule has 0 radical (unpaired) electrons. The van der Waals surface area contributed by atoms with E-state index in [0.29, 0.717) is 35.8 Å². The quantitative estimate of drug-likeness (QED) is 0.312. The Morgan fingerprint density at radius 2 is 1.53 bits per heavy atom. The summed E-state index contributed by atoms with van der Waals surface area (Å²) in [5.74, 6) is 1.71. The number of carbonyl (C=O) groups is 1. The number of ketones is 1. The Bertz CT molecular complexity index is 1070. The third-order valence-electron chi connectivity index (χ3n) is 5.01. The van der Waals surface area contributed by atoms with Gasteiger partial charge >= 0.3 is 0 Å². The maximum absolute atomic E-state index is 12.9. The van der Waals surface area contributed by atoms with Gasteiger partial charge in [-0.15, -0.1) is 0 Å². The first-order valence-electron chi connectivity index (χ1n) is 10.5. The monoisotopic (exact) mass is 431 g/mol. The van der Waals surface area contributed by atoms with Crippen LogP contribution in [-0.4, -0.2) is 31.8 Å². The number of hydrogen-bond donors (Lipinski definition) is 0. The number of nitrogens with zero attached hydrogens (tertiary/aromatic N) is 1. The normalized spacial score (nSPS) is 11.4. The number of benzene rings is 3. The van der Waals surface area contributed by atoms with Gasteiger partial charge < -0.3 is 14.2 Å². The van der Waals surface area contributed by atoms with E-state index >= 15 is 0 Å². The van der Waals surface area contributed by atoms with Gasteiger partial charge in [-0.1, -0.05) is 48.5 Å². The molecule has 0 spiro atoms. The molecule has 0 aliphatic rings. The van der Waals surface area contributed by atoms with Crippen molar-refractivity contribution in [2.75, 3.05) is 14.2 Å². The van der Waals surface area contributed by atoms with Crippen LogP contribution in [0.1, 0.15) is 35.3 Å². The van der Waals surface area contributed by atoms with Crippen molar-refractivity contribution in [2.45, 2.75) is 32.4 Å². The highest BCUT2D eigenvalue weighted by atomic mass is 16.5. The molecule has 166 valence electrons. The number of para-hydroxylation sites is 1. The molecule has 0 amide bonds. The van der Waals surface area contributed by atoms with Crippen LogP contribution in [0.15, 0.2) is 77.8 Å². The molecule has 0 aromatic heterocycles. The summed E-state index contributed by atoms with van der Waals surface area (Å²) in [6.45, 7) is 4.38. The number of Topliss-reactive ketones (excluding diaryl/α,β-unsaturated/α-hetero) is 1. The minimum Gasteiger partial charge on any atom is -0.493 e. The van der Waals surface area contributed by atoms with E-state index in [-0.39, 0.29) is 5.78 Å². The van der Waals surface area contributed by atoms with Gasteiger partial charge in [0.15, 0.2) is 11.5 Å². The fourth-order valence-corrected chi connectivity index (χ4v) is 3.37. The molecule has 0 atom stereocenters. The smallest absolute Gasteiger partial charge is 0.207 e. The fraction of sp³-hybridized carbons (Fsp3) is 0.259. The second-order valence-corrected chi connectivity index (χ2v) is 8.07. The van der Waals surface area contributed by atoms with Gasteiger partial charge in [-0.2, -0.15) is 0 Å². The van der Waals surface area contributed by atoms with Crippen LogP contribution >= 0.6 is 0 Å². The Morgan fingerprint density at radius 1 is 0.844 bits per heavy atom. The average molecular weight is 432 g/mol. The molecule has 0 aliphatic carbocycles. The average Bonchev–Trinajstić information content (AvgIpc) is 2.81. The van der Waals surface area contributed by atoms with E-state index < -0.39 is 5.54 Å². The third-order valence-corrected chi connectivity index (χ3v) is 5.01. The van der Waals surface area contributed by atoms with Crippen molar-refractivity contribution in [3.63, 3.8) is 0 Å². The van der Waals surface area contributed by atoms with Crippen LogP contribution < -0.4 is 14.2 Å². The molecule has 5 heteroatoms. The summed E-state index contributed by atoms with van der Waals surface area (Å²) < 4.78 is 16.6. The van der Waals surface area contributed by atoms with Crippen molar-refractivity contribution in [1.82, 2.24) is 0 Å². The maximum Gasteiger partial charge on any atom is 0.207 e. The number of methoxy groups -OCH3 is 2. The van der Waals surface area contributed by atoms with E-state index in [1.807, 2.05) is 74.5 Å². The van der Waals surface area contributed by atoms with Crippen LogP contribution in [0, 0.1) is 0 Å². The number of aliphatic imine (C=N–C) groups is 1. The van der Waals surface area contributed by atoms with Crippen LogP contribution in [0.5, 0.6) is 17.2 Å². The third kappa shape index (κ3) is 6.20. The molecular formula is C27H29NO4. The molecule has 0 aliphatic heterocycles. The van der Waals surface area contributed by atoms with Crippen LogP contribution in [0.4, 0.5) is 0 Å². The van der Waals surface area contributed by atoms with Gasteiger partial charge in [-0.3, -0.25) is 9.79 Å². The van der Waals surface area contributed by atoms with Gasteiger partial charge in [0.25, 0.3) is 0 Å². The Labute approximate surface area is 189 Å². The Balaban J connectivity index is 1.70. The van der Waals surface area contributed by atoms with E-state index in [4.69, 9.17) is 14.2 Å². The summed E-state index contributed by atoms with van der Waals surface area (Å²) in [7, 11) is 3.22. The SMILES string of the molecule is COc1ccc(CC(C)(C)N=CC(=O)c2ccccc2OCc2ccccc2)cc1OC. The maximum atomic E-state index is 12.9. The van der Waals surface area contributed by atoms with Crippen molar-refractivity contribution in [3.05, 3.63) is 89.5 Å². The number of carbonyl (C=O) groups excluding carboxylic acids is 1. The van der Waals surface area contributed by atoms with Crippen molar-refractivity contribution in [2.24, 2.45) is 4.99 Å². The Hall–Kier alpha value is -3.60. The summed E-state index contributed by atoms with van der Waals surface area (Å²) in [5, 5.41) is 0. The molecule has 0 unspecified atom stereocenters. The van der Waals surface area contributed by atoms with Crippen LogP contribution in [0.2, 0.25) is 0 Å². The van der Waals surface area contributed by atoms with E-state index in [2.05, 4.69) is 4.99 Å². The van der Waals surface area contributed by atoms with Gasteiger partial charge in [-0.05, 0) is 55.7 Å². The zero-order valence-corrected chi connectivity index (χ0v) is 19.0. The van der Waals surface area contributed by atoms with Crippen molar-refractivity contribution in [1.29, 1.82) is 0 Å². The summed E-state index contributed by atoms with van der Waals surface area (Å²) in [5.41, 5.74) is 2.10. The molecule has 0 fully saturated rings. The first kappa shape index (κ1) is 23.1. The summed E-state index contributed by atoms with van der Waals surface area (Å²) in [6, 6.07) is 22.9. The van der Waals surface area contributed by atoms with E-state index in [1.165, 1.54) is 6.21 Å². The molecule has 5 nitrogen and oxygen atoms in total. The summed E-state index contributed by atoms with van der Waals surface area (Å²) in [6.07, 6.45) is 2.04. The Kier molecular flexibility index (Phi) is 7.66. The summed E-state index contributed by atoms with van der Waals surface area (Å²) in [4.78, 5) is 17.5. The van der Waals surface area contributed by atoms with Crippen LogP contribution in [0.3, 0.4) is 0 Å². The second-order valence-electron chi connectivity index (χ2n) is 8.07. The molecule has 0 N–H and O–H groups in total. The largest absolute Gasteiger partial charge is 0.493 e. The van der Waals surface area contributed by atoms with Crippen LogP contribution in [0.25, 0.3) is 0 Å². The number of ether oxygens (including phenoxy) is 3. The molecule has 3 aromatic rings. The minimum atomic E-state index is -0.477. The lowest BCUT2D eigenvalue weighted by molar-refractivity contribution is 0.106. The standard InChI is InChI=1S/C27H29NO4/c1-27(2,17-21-14-15-25(30-3)26(16-21)31-4)28-18-23(29)22-12-8-9-13-24(22)32-19-20-10-6-5-7-11-20/h5-16,18H,17,19H2,1-4H3. The lowest BCUT2D eigenvalue weighted by atomic mass is 9.95. The lowest BCUT2D eigenvalue weighted by Crippen LogP contribution is -2.21. The second kappa shape index (κ2) is 10.6. The van der Waals surface area contributed by atoms with Crippen molar-refractivity contribution in [3.8, 4) is 17.2 Å². The molecule has 0 bridgehead atoms. The van der Waals surface area contributed by atoms with Crippen molar-refractivity contribution >= 4 is 12.0 Å². The minimum absolute atomic E-state index is 0.186. The molecule has 0 saturated carbocycles. The number of hydrogen-bond acceptors (Lipinski definition) is 5. The molecular weight excluding hydrogens is 402 g/mol. The molecule has 0 saturated heterocycles. The zero-order valence-electron chi connectivity index (χ0n) is 19.0. The van der Waals surface area contributed by atoms with Crippen LogP contribution in [-0.2, 0) is 13.0 Å².